The number of nitrogens with zero attached hydrogens (tertiary/aromatic N) is 1. The summed E-state index contributed by atoms with van der Waals surface area (Å²) in [6.07, 6.45) is 5.43. The van der Waals surface area contributed by atoms with Crippen LogP contribution in [0.4, 0.5) is 0 Å². The van der Waals surface area contributed by atoms with E-state index in [0.29, 0.717) is 6.04 Å². The number of fused-ring (bicyclic) bond motifs is 3. The first-order valence-corrected chi connectivity index (χ1v) is 6.93. The highest BCUT2D eigenvalue weighted by atomic mass is 15.0. The van der Waals surface area contributed by atoms with Crippen molar-refractivity contribution in [2.45, 2.75) is 31.7 Å². The Morgan fingerprint density at radius 2 is 1.22 bits per heavy atom. The van der Waals surface area contributed by atoms with Crippen molar-refractivity contribution in [2.24, 2.45) is 0 Å². The highest BCUT2D eigenvalue weighted by molar-refractivity contribution is 6.08. The average Bonchev–Trinajstić information content (AvgIpc) is 3.03. The van der Waals surface area contributed by atoms with E-state index in [1.54, 1.807) is 0 Å². The van der Waals surface area contributed by atoms with Crippen molar-refractivity contribution in [3.8, 4) is 0 Å². The van der Waals surface area contributed by atoms with E-state index < -0.39 is 0 Å². The van der Waals surface area contributed by atoms with Gasteiger partial charge in [0.05, 0.1) is 0 Å². The Morgan fingerprint density at radius 1 is 0.722 bits per heavy atom. The fraction of sp³-hybridized carbons (Fsp3) is 0.294. The molecule has 0 N–H and O–H groups in total. The van der Waals surface area contributed by atoms with Crippen LogP contribution in [0.25, 0.3) is 21.8 Å². The van der Waals surface area contributed by atoms with Crippen LogP contribution in [0.2, 0.25) is 0 Å². The van der Waals surface area contributed by atoms with Crippen LogP contribution in [0, 0.1) is 0 Å². The summed E-state index contributed by atoms with van der Waals surface area (Å²) in [6, 6.07) is 18.4. The molecule has 0 saturated heterocycles. The number of hydrogen-bond acceptors (Lipinski definition) is 0. The first-order valence-electron chi connectivity index (χ1n) is 6.93. The number of benzene rings is 2. The first kappa shape index (κ1) is 10.2. The minimum atomic E-state index is 0.704. The minimum Gasteiger partial charge on any atom is -0.337 e. The van der Waals surface area contributed by atoms with E-state index in [0.717, 1.165) is 0 Å². The number of aromatic nitrogens is 1. The van der Waals surface area contributed by atoms with E-state index in [1.807, 2.05) is 0 Å². The molecule has 1 fully saturated rings. The van der Waals surface area contributed by atoms with Gasteiger partial charge in [0.2, 0.25) is 0 Å². The van der Waals surface area contributed by atoms with E-state index in [4.69, 9.17) is 0 Å². The zero-order valence-electron chi connectivity index (χ0n) is 10.5. The van der Waals surface area contributed by atoms with E-state index >= 15 is 0 Å². The molecule has 3 aromatic rings. The summed E-state index contributed by atoms with van der Waals surface area (Å²) in [4.78, 5) is 0. The molecule has 1 nitrogen and oxygen atoms in total. The van der Waals surface area contributed by atoms with Gasteiger partial charge < -0.3 is 4.57 Å². The maximum Gasteiger partial charge on any atom is 0.0493 e. The van der Waals surface area contributed by atoms with Gasteiger partial charge in [-0.05, 0) is 25.0 Å². The molecule has 1 saturated carbocycles. The molecule has 1 aromatic heterocycles. The summed E-state index contributed by atoms with van der Waals surface area (Å²) in [5, 5.41) is 2.81. The van der Waals surface area contributed by atoms with Crippen molar-refractivity contribution in [1.29, 1.82) is 0 Å². The van der Waals surface area contributed by atoms with E-state index in [1.165, 1.54) is 47.5 Å². The molecule has 1 aliphatic rings. The second-order valence-electron chi connectivity index (χ2n) is 5.34. The van der Waals surface area contributed by atoms with Gasteiger partial charge in [0, 0.05) is 27.8 Å². The van der Waals surface area contributed by atoms with Crippen LogP contribution in [0.15, 0.2) is 48.5 Å². The van der Waals surface area contributed by atoms with Crippen molar-refractivity contribution >= 4 is 21.8 Å². The molecular formula is C17H17N. The number of hydrogen-bond donors (Lipinski definition) is 0. The van der Waals surface area contributed by atoms with Gasteiger partial charge in [0.15, 0.2) is 0 Å². The normalized spacial score (nSPS) is 16.9. The molecule has 0 radical (unpaired) electrons. The van der Waals surface area contributed by atoms with Crippen LogP contribution in [0.1, 0.15) is 31.7 Å². The van der Waals surface area contributed by atoms with E-state index in [2.05, 4.69) is 53.1 Å². The largest absolute Gasteiger partial charge is 0.337 e. The van der Waals surface area contributed by atoms with Crippen LogP contribution in [-0.4, -0.2) is 4.57 Å². The Hall–Kier alpha value is -1.76. The fourth-order valence-electron chi connectivity index (χ4n) is 3.51. The topological polar surface area (TPSA) is 4.93 Å². The van der Waals surface area contributed by atoms with E-state index in [-0.39, 0.29) is 0 Å². The molecule has 1 heteroatoms. The summed E-state index contributed by atoms with van der Waals surface area (Å²) < 4.78 is 2.58. The smallest absolute Gasteiger partial charge is 0.0493 e. The molecule has 0 amide bonds. The zero-order valence-corrected chi connectivity index (χ0v) is 10.5. The summed E-state index contributed by atoms with van der Waals surface area (Å²) >= 11 is 0. The predicted octanol–water partition coefficient (Wildman–Crippen LogP) is 4.91. The van der Waals surface area contributed by atoms with Crippen molar-refractivity contribution < 1.29 is 0 Å². The van der Waals surface area contributed by atoms with Crippen LogP contribution >= 0.6 is 0 Å². The highest BCUT2D eigenvalue weighted by Crippen LogP contribution is 2.38. The minimum absolute atomic E-state index is 0.704. The third-order valence-corrected chi connectivity index (χ3v) is 4.31. The molecule has 18 heavy (non-hydrogen) atoms. The van der Waals surface area contributed by atoms with Crippen LogP contribution < -0.4 is 0 Å². The Bertz CT molecular complexity index is 649. The number of para-hydroxylation sites is 2. The quantitative estimate of drug-likeness (QED) is 0.564. The molecule has 0 atom stereocenters. The van der Waals surface area contributed by atoms with Gasteiger partial charge in [-0.1, -0.05) is 49.2 Å². The first-order chi connectivity index (χ1) is 8.95. The summed E-state index contributed by atoms with van der Waals surface area (Å²) in [5.41, 5.74) is 2.82. The maximum absolute atomic E-state index is 2.58. The lowest BCUT2D eigenvalue weighted by atomic mass is 10.2. The SMILES string of the molecule is c1ccc2c(c1)c1ccccc1n2C1CCCC1. The lowest BCUT2D eigenvalue weighted by Gasteiger charge is -2.15. The molecule has 4 rings (SSSR count). The van der Waals surface area contributed by atoms with Gasteiger partial charge in [0.1, 0.15) is 0 Å². The van der Waals surface area contributed by atoms with E-state index in [9.17, 15) is 0 Å². The van der Waals surface area contributed by atoms with Crippen molar-refractivity contribution in [1.82, 2.24) is 4.57 Å². The molecule has 0 aliphatic heterocycles. The molecule has 1 aliphatic carbocycles. The highest BCUT2D eigenvalue weighted by Gasteiger charge is 2.20. The Morgan fingerprint density at radius 3 is 1.78 bits per heavy atom. The Labute approximate surface area is 107 Å². The lowest BCUT2D eigenvalue weighted by Crippen LogP contribution is -2.03. The second kappa shape index (κ2) is 3.88. The summed E-state index contributed by atoms with van der Waals surface area (Å²) in [5.74, 6) is 0. The molecular weight excluding hydrogens is 218 g/mol. The third kappa shape index (κ3) is 1.34. The molecule has 0 bridgehead atoms. The molecule has 0 unspecified atom stereocenters. The van der Waals surface area contributed by atoms with Gasteiger partial charge in [-0.3, -0.25) is 0 Å². The van der Waals surface area contributed by atoms with Gasteiger partial charge in [0.25, 0.3) is 0 Å². The van der Waals surface area contributed by atoms with Gasteiger partial charge in [-0.25, -0.2) is 0 Å². The maximum atomic E-state index is 2.58. The molecule has 90 valence electrons. The summed E-state index contributed by atoms with van der Waals surface area (Å²) in [7, 11) is 0. The van der Waals surface area contributed by atoms with Crippen molar-refractivity contribution in [3.63, 3.8) is 0 Å². The monoisotopic (exact) mass is 235 g/mol. The standard InChI is InChI=1S/C17H17N/c1-2-8-13(7-1)18-16-11-5-3-9-14(16)15-10-4-6-12-17(15)18/h3-6,9-13H,1-2,7-8H2. The van der Waals surface area contributed by atoms with Crippen LogP contribution in [-0.2, 0) is 0 Å². The van der Waals surface area contributed by atoms with Crippen LogP contribution in [0.3, 0.4) is 0 Å². The van der Waals surface area contributed by atoms with Gasteiger partial charge in [-0.15, -0.1) is 0 Å². The average molecular weight is 235 g/mol. The lowest BCUT2D eigenvalue weighted by molar-refractivity contribution is 0.550. The molecule has 1 heterocycles. The summed E-state index contributed by atoms with van der Waals surface area (Å²) in [6.45, 7) is 0. The van der Waals surface area contributed by atoms with Crippen molar-refractivity contribution in [2.75, 3.05) is 0 Å². The van der Waals surface area contributed by atoms with Gasteiger partial charge in [-0.2, -0.15) is 0 Å². The Kier molecular flexibility index (Phi) is 2.19. The fourth-order valence-corrected chi connectivity index (χ4v) is 3.51. The predicted molar refractivity (Wildman–Crippen MR) is 76.9 cm³/mol. The molecule has 0 spiro atoms. The van der Waals surface area contributed by atoms with Crippen molar-refractivity contribution in [3.05, 3.63) is 48.5 Å². The second-order valence-corrected chi connectivity index (χ2v) is 5.34. The number of rotatable bonds is 1. The third-order valence-electron chi connectivity index (χ3n) is 4.31. The zero-order chi connectivity index (χ0) is 11.9. The van der Waals surface area contributed by atoms with Gasteiger partial charge >= 0.3 is 0 Å². The molecule has 2 aromatic carbocycles. The Balaban J connectivity index is 2.13. The van der Waals surface area contributed by atoms with Crippen LogP contribution in [0.5, 0.6) is 0 Å².